The third kappa shape index (κ3) is 4.94. The normalized spacial score (nSPS) is 18.1. The molecule has 1 rings (SSSR count). The Morgan fingerprint density at radius 3 is 2.10 bits per heavy atom. The molecule has 0 saturated carbocycles. The molecule has 0 aromatic rings. The molecule has 1 unspecified atom stereocenters. The van der Waals surface area contributed by atoms with Crippen LogP contribution >= 0.6 is 12.4 Å². The van der Waals surface area contributed by atoms with Crippen molar-refractivity contribution < 1.29 is 9.59 Å². The van der Waals surface area contributed by atoms with Crippen LogP contribution in [0.25, 0.3) is 0 Å². The van der Waals surface area contributed by atoms with E-state index < -0.39 is 6.04 Å². The molecule has 1 heterocycles. The summed E-state index contributed by atoms with van der Waals surface area (Å²) < 4.78 is 0. The molecule has 0 bridgehead atoms. The maximum absolute atomic E-state index is 12.3. The van der Waals surface area contributed by atoms with E-state index in [1.165, 1.54) is 0 Å². The fourth-order valence-electron chi connectivity index (χ4n) is 2.18. The number of nitrogens with zero attached hydrogens (tertiary/aromatic N) is 2. The van der Waals surface area contributed by atoms with Crippen LogP contribution in [0.4, 0.5) is 0 Å². The van der Waals surface area contributed by atoms with Crippen LogP contribution in [0.3, 0.4) is 0 Å². The van der Waals surface area contributed by atoms with E-state index in [4.69, 9.17) is 5.73 Å². The molecular weight excluding hydrogens is 278 g/mol. The van der Waals surface area contributed by atoms with Gasteiger partial charge in [0.05, 0.1) is 6.04 Å². The Bertz CT molecular complexity index is 342. The molecule has 1 aliphatic rings. The van der Waals surface area contributed by atoms with Gasteiger partial charge < -0.3 is 15.5 Å². The largest absolute Gasteiger partial charge is 0.341 e. The molecule has 1 aliphatic heterocycles. The molecule has 2 amide bonds. The van der Waals surface area contributed by atoms with E-state index in [9.17, 15) is 9.59 Å². The van der Waals surface area contributed by atoms with Crippen LogP contribution in [0.5, 0.6) is 0 Å². The molecule has 0 spiro atoms. The zero-order chi connectivity index (χ0) is 14.6. The standard InChI is InChI=1S/C14H27N3O2.ClH/c1-5-11(18)16-7-6-8-17(10-9-16)13(19)12(15)14(2,3)4;/h12H,5-10,15H2,1-4H3;1H. The number of amides is 2. The van der Waals surface area contributed by atoms with Gasteiger partial charge in [-0.05, 0) is 11.8 Å². The average Bonchev–Trinajstić information content (AvgIpc) is 2.60. The fraction of sp³-hybridized carbons (Fsp3) is 0.857. The van der Waals surface area contributed by atoms with E-state index in [0.29, 0.717) is 26.1 Å². The lowest BCUT2D eigenvalue weighted by atomic mass is 9.86. The lowest BCUT2D eigenvalue weighted by molar-refractivity contribution is -0.136. The molecule has 1 saturated heterocycles. The average molecular weight is 306 g/mol. The Balaban J connectivity index is 0.00000361. The summed E-state index contributed by atoms with van der Waals surface area (Å²) in [7, 11) is 0. The van der Waals surface area contributed by atoms with E-state index in [0.717, 1.165) is 13.0 Å². The number of hydrogen-bond acceptors (Lipinski definition) is 3. The van der Waals surface area contributed by atoms with Gasteiger partial charge in [0.25, 0.3) is 0 Å². The highest BCUT2D eigenvalue weighted by Gasteiger charge is 2.32. The van der Waals surface area contributed by atoms with Gasteiger partial charge in [0.2, 0.25) is 11.8 Å². The van der Waals surface area contributed by atoms with E-state index in [1.54, 1.807) is 4.90 Å². The molecule has 20 heavy (non-hydrogen) atoms. The number of carbonyl (C=O) groups is 2. The van der Waals surface area contributed by atoms with Crippen molar-refractivity contribution in [3.8, 4) is 0 Å². The van der Waals surface area contributed by atoms with Crippen LogP contribution in [-0.2, 0) is 9.59 Å². The van der Waals surface area contributed by atoms with E-state index >= 15 is 0 Å². The second-order valence-electron chi connectivity index (χ2n) is 6.26. The summed E-state index contributed by atoms with van der Waals surface area (Å²) in [6, 6.07) is -0.485. The van der Waals surface area contributed by atoms with Gasteiger partial charge in [0.1, 0.15) is 0 Å². The SMILES string of the molecule is CCC(=O)N1CCCN(C(=O)C(N)C(C)(C)C)CC1.Cl. The van der Waals surface area contributed by atoms with Gasteiger partial charge in [-0.25, -0.2) is 0 Å². The monoisotopic (exact) mass is 305 g/mol. The van der Waals surface area contributed by atoms with Crippen molar-refractivity contribution in [1.29, 1.82) is 0 Å². The predicted octanol–water partition coefficient (Wildman–Crippen LogP) is 1.25. The van der Waals surface area contributed by atoms with Gasteiger partial charge in [-0.1, -0.05) is 27.7 Å². The van der Waals surface area contributed by atoms with E-state index in [2.05, 4.69) is 0 Å². The lowest BCUT2D eigenvalue weighted by Crippen LogP contribution is -2.51. The van der Waals surface area contributed by atoms with E-state index in [-0.39, 0.29) is 29.6 Å². The number of halogens is 1. The zero-order valence-electron chi connectivity index (χ0n) is 13.0. The molecule has 0 aromatic carbocycles. The summed E-state index contributed by atoms with van der Waals surface area (Å²) >= 11 is 0. The molecule has 0 aliphatic carbocycles. The van der Waals surface area contributed by atoms with Crippen molar-refractivity contribution in [2.45, 2.75) is 46.6 Å². The molecule has 6 heteroatoms. The number of nitrogens with two attached hydrogens (primary N) is 1. The second-order valence-corrected chi connectivity index (χ2v) is 6.26. The molecule has 1 atom stereocenters. The van der Waals surface area contributed by atoms with Crippen LogP contribution < -0.4 is 5.73 Å². The minimum absolute atomic E-state index is 0. The van der Waals surface area contributed by atoms with Gasteiger partial charge >= 0.3 is 0 Å². The highest BCUT2D eigenvalue weighted by molar-refractivity contribution is 5.85. The van der Waals surface area contributed by atoms with Crippen molar-refractivity contribution in [2.75, 3.05) is 26.2 Å². The second kappa shape index (κ2) is 7.84. The Labute approximate surface area is 128 Å². The van der Waals surface area contributed by atoms with Crippen LogP contribution in [0, 0.1) is 5.41 Å². The Morgan fingerprint density at radius 2 is 1.60 bits per heavy atom. The topological polar surface area (TPSA) is 66.6 Å². The van der Waals surface area contributed by atoms with Crippen LogP contribution in [0.1, 0.15) is 40.5 Å². The molecule has 0 aromatic heterocycles. The molecule has 0 radical (unpaired) electrons. The molecule has 5 nitrogen and oxygen atoms in total. The number of hydrogen-bond donors (Lipinski definition) is 1. The molecular formula is C14H28ClN3O2. The zero-order valence-corrected chi connectivity index (χ0v) is 13.8. The smallest absolute Gasteiger partial charge is 0.240 e. The summed E-state index contributed by atoms with van der Waals surface area (Å²) in [5.74, 6) is 0.160. The fourth-order valence-corrected chi connectivity index (χ4v) is 2.18. The maximum Gasteiger partial charge on any atom is 0.240 e. The minimum Gasteiger partial charge on any atom is -0.341 e. The molecule has 2 N–H and O–H groups in total. The van der Waals surface area contributed by atoms with Gasteiger partial charge in [-0.2, -0.15) is 0 Å². The van der Waals surface area contributed by atoms with Crippen molar-refractivity contribution in [2.24, 2.45) is 11.1 Å². The maximum atomic E-state index is 12.3. The van der Waals surface area contributed by atoms with Crippen LogP contribution in [-0.4, -0.2) is 53.8 Å². The van der Waals surface area contributed by atoms with Crippen molar-refractivity contribution >= 4 is 24.2 Å². The third-order valence-corrected chi connectivity index (χ3v) is 3.66. The van der Waals surface area contributed by atoms with Crippen LogP contribution in [0.15, 0.2) is 0 Å². The van der Waals surface area contributed by atoms with Gasteiger partial charge in [-0.15, -0.1) is 12.4 Å². The van der Waals surface area contributed by atoms with E-state index in [1.807, 2.05) is 32.6 Å². The van der Waals surface area contributed by atoms with Crippen molar-refractivity contribution in [3.63, 3.8) is 0 Å². The summed E-state index contributed by atoms with van der Waals surface area (Å²) in [5.41, 5.74) is 5.79. The molecule has 1 fully saturated rings. The van der Waals surface area contributed by atoms with Crippen molar-refractivity contribution in [3.05, 3.63) is 0 Å². The highest BCUT2D eigenvalue weighted by Crippen LogP contribution is 2.19. The third-order valence-electron chi connectivity index (χ3n) is 3.66. The summed E-state index contributed by atoms with van der Waals surface area (Å²) in [6.45, 7) is 10.4. The number of carbonyl (C=O) groups excluding carboxylic acids is 2. The first-order valence-electron chi connectivity index (χ1n) is 7.09. The summed E-state index contributed by atoms with van der Waals surface area (Å²) in [4.78, 5) is 27.7. The Morgan fingerprint density at radius 1 is 1.10 bits per heavy atom. The summed E-state index contributed by atoms with van der Waals surface area (Å²) in [6.07, 6.45) is 1.35. The lowest BCUT2D eigenvalue weighted by Gasteiger charge is -2.31. The Kier molecular flexibility index (Phi) is 7.52. The van der Waals surface area contributed by atoms with Crippen molar-refractivity contribution in [1.82, 2.24) is 9.80 Å². The predicted molar refractivity (Wildman–Crippen MR) is 82.7 cm³/mol. The van der Waals surface area contributed by atoms with Crippen LogP contribution in [0.2, 0.25) is 0 Å². The summed E-state index contributed by atoms with van der Waals surface area (Å²) in [5, 5.41) is 0. The quantitative estimate of drug-likeness (QED) is 0.835. The highest BCUT2D eigenvalue weighted by atomic mass is 35.5. The number of rotatable bonds is 2. The molecule has 118 valence electrons. The van der Waals surface area contributed by atoms with Gasteiger partial charge in [0, 0.05) is 32.6 Å². The Hall–Kier alpha value is -0.810. The minimum atomic E-state index is -0.485. The first-order valence-corrected chi connectivity index (χ1v) is 7.09. The first-order chi connectivity index (χ1) is 8.77. The van der Waals surface area contributed by atoms with Gasteiger partial charge in [-0.3, -0.25) is 9.59 Å². The first kappa shape index (κ1) is 19.2. The van der Waals surface area contributed by atoms with Gasteiger partial charge in [0.15, 0.2) is 0 Å².